The summed E-state index contributed by atoms with van der Waals surface area (Å²) in [6, 6.07) is 0.310. The van der Waals surface area contributed by atoms with Gasteiger partial charge >= 0.3 is 0 Å². The molecule has 2 aromatic rings. The Bertz CT molecular complexity index is 591. The van der Waals surface area contributed by atoms with Gasteiger partial charge in [-0.25, -0.2) is 4.98 Å². The molecule has 3 rings (SSSR count). The molecule has 1 amide bonds. The standard InChI is InChI=1S/C12H15N5OS2/c13-10-9(11(18)16-7-1-2-7)12(20-17-10)14-4-3-8-5-19-6-15-8/h5-7,14H,1-4H2,(H2,13,17)(H,16,18). The predicted octanol–water partition coefficient (Wildman–Crippen LogP) is 1.73. The van der Waals surface area contributed by atoms with Crippen LogP contribution in [0.15, 0.2) is 10.9 Å². The number of carbonyl (C=O) groups is 1. The number of hydrogen-bond donors (Lipinski definition) is 3. The lowest BCUT2D eigenvalue weighted by molar-refractivity contribution is 0.0953. The Morgan fingerprint density at radius 3 is 3.05 bits per heavy atom. The van der Waals surface area contributed by atoms with E-state index < -0.39 is 0 Å². The molecular weight excluding hydrogens is 294 g/mol. The number of nitrogen functional groups attached to an aromatic ring is 1. The monoisotopic (exact) mass is 309 g/mol. The number of hydrogen-bond acceptors (Lipinski definition) is 7. The van der Waals surface area contributed by atoms with Gasteiger partial charge < -0.3 is 16.4 Å². The zero-order valence-corrected chi connectivity index (χ0v) is 12.4. The van der Waals surface area contributed by atoms with Crippen molar-refractivity contribution in [1.29, 1.82) is 0 Å². The maximum atomic E-state index is 12.1. The first-order chi connectivity index (χ1) is 9.74. The number of nitrogens with one attached hydrogen (secondary N) is 2. The zero-order chi connectivity index (χ0) is 13.9. The molecule has 0 aliphatic heterocycles. The topological polar surface area (TPSA) is 92.9 Å². The molecule has 6 nitrogen and oxygen atoms in total. The number of amides is 1. The second kappa shape index (κ2) is 5.76. The average Bonchev–Trinajstić information content (AvgIpc) is 2.95. The quantitative estimate of drug-likeness (QED) is 0.755. The minimum Gasteiger partial charge on any atom is -0.382 e. The Kier molecular flexibility index (Phi) is 3.83. The first-order valence-electron chi connectivity index (χ1n) is 6.41. The third kappa shape index (κ3) is 3.07. The van der Waals surface area contributed by atoms with Crippen molar-refractivity contribution in [3.05, 3.63) is 22.1 Å². The largest absolute Gasteiger partial charge is 0.382 e. The fraction of sp³-hybridized carbons (Fsp3) is 0.417. The summed E-state index contributed by atoms with van der Waals surface area (Å²) in [6.07, 6.45) is 2.91. The van der Waals surface area contributed by atoms with Gasteiger partial charge in [-0.3, -0.25) is 4.79 Å². The molecule has 0 radical (unpaired) electrons. The van der Waals surface area contributed by atoms with Crippen LogP contribution in [0.5, 0.6) is 0 Å². The Labute approximate surface area is 124 Å². The van der Waals surface area contributed by atoms with Crippen molar-refractivity contribution < 1.29 is 4.79 Å². The highest BCUT2D eigenvalue weighted by Crippen LogP contribution is 2.28. The SMILES string of the molecule is Nc1nsc(NCCc2cscn2)c1C(=O)NC1CC1. The molecule has 0 unspecified atom stereocenters. The number of carbonyl (C=O) groups excluding carboxylic acids is 1. The first-order valence-corrected chi connectivity index (χ1v) is 8.12. The smallest absolute Gasteiger partial charge is 0.258 e. The molecule has 106 valence electrons. The molecule has 0 atom stereocenters. The van der Waals surface area contributed by atoms with Crippen LogP contribution < -0.4 is 16.4 Å². The molecule has 1 fully saturated rings. The van der Waals surface area contributed by atoms with E-state index in [-0.39, 0.29) is 5.91 Å². The average molecular weight is 309 g/mol. The second-order valence-corrected chi connectivity index (χ2v) is 6.17. The van der Waals surface area contributed by atoms with Crippen LogP contribution in [0.3, 0.4) is 0 Å². The Morgan fingerprint density at radius 2 is 2.35 bits per heavy atom. The molecule has 0 aromatic carbocycles. The molecule has 0 bridgehead atoms. The number of rotatable bonds is 6. The molecule has 8 heteroatoms. The van der Waals surface area contributed by atoms with Gasteiger partial charge in [-0.2, -0.15) is 4.37 Å². The van der Waals surface area contributed by atoms with Gasteiger partial charge in [0, 0.05) is 24.4 Å². The third-order valence-corrected chi connectivity index (χ3v) is 4.46. The molecule has 20 heavy (non-hydrogen) atoms. The highest BCUT2D eigenvalue weighted by molar-refractivity contribution is 7.11. The van der Waals surface area contributed by atoms with Crippen molar-refractivity contribution in [2.75, 3.05) is 17.6 Å². The van der Waals surface area contributed by atoms with Crippen LogP contribution in [-0.4, -0.2) is 27.9 Å². The van der Waals surface area contributed by atoms with Crippen molar-refractivity contribution in [2.45, 2.75) is 25.3 Å². The summed E-state index contributed by atoms with van der Waals surface area (Å²) < 4.78 is 4.06. The van der Waals surface area contributed by atoms with Gasteiger partial charge in [-0.1, -0.05) is 0 Å². The molecular formula is C12H15N5OS2. The minimum atomic E-state index is -0.130. The summed E-state index contributed by atoms with van der Waals surface area (Å²) >= 11 is 2.80. The van der Waals surface area contributed by atoms with Crippen molar-refractivity contribution in [1.82, 2.24) is 14.7 Å². The van der Waals surface area contributed by atoms with E-state index in [0.717, 1.165) is 30.0 Å². The van der Waals surface area contributed by atoms with Gasteiger partial charge in [0.25, 0.3) is 5.91 Å². The summed E-state index contributed by atoms with van der Waals surface area (Å²) in [6.45, 7) is 0.703. The van der Waals surface area contributed by atoms with Crippen LogP contribution >= 0.6 is 22.9 Å². The van der Waals surface area contributed by atoms with Crippen molar-refractivity contribution >= 4 is 39.6 Å². The highest BCUT2D eigenvalue weighted by Gasteiger charge is 2.27. The number of nitrogens with two attached hydrogens (primary N) is 1. The van der Waals surface area contributed by atoms with Crippen LogP contribution in [0.2, 0.25) is 0 Å². The number of anilines is 2. The van der Waals surface area contributed by atoms with Crippen LogP contribution in [0.4, 0.5) is 10.8 Å². The maximum absolute atomic E-state index is 12.1. The molecule has 1 saturated carbocycles. The van der Waals surface area contributed by atoms with Gasteiger partial charge in [-0.05, 0) is 24.4 Å². The number of aromatic nitrogens is 2. The van der Waals surface area contributed by atoms with E-state index in [1.54, 1.807) is 11.3 Å². The molecule has 1 aliphatic rings. The predicted molar refractivity (Wildman–Crippen MR) is 81.3 cm³/mol. The van der Waals surface area contributed by atoms with E-state index in [4.69, 9.17) is 5.73 Å². The Hall–Kier alpha value is -1.67. The summed E-state index contributed by atoms with van der Waals surface area (Å²) in [5.74, 6) is 0.166. The van der Waals surface area contributed by atoms with E-state index in [1.807, 2.05) is 10.9 Å². The molecule has 4 N–H and O–H groups in total. The summed E-state index contributed by atoms with van der Waals surface area (Å²) in [4.78, 5) is 16.3. The van der Waals surface area contributed by atoms with Crippen molar-refractivity contribution in [2.24, 2.45) is 0 Å². The highest BCUT2D eigenvalue weighted by atomic mass is 32.1. The van der Waals surface area contributed by atoms with E-state index >= 15 is 0 Å². The van der Waals surface area contributed by atoms with Crippen molar-refractivity contribution in [3.63, 3.8) is 0 Å². The lowest BCUT2D eigenvalue weighted by atomic mass is 10.2. The fourth-order valence-electron chi connectivity index (χ4n) is 1.79. The van der Waals surface area contributed by atoms with Crippen LogP contribution in [0.1, 0.15) is 28.9 Å². The molecule has 2 heterocycles. The van der Waals surface area contributed by atoms with Gasteiger partial charge in [0.05, 0.1) is 11.2 Å². The van der Waals surface area contributed by atoms with Gasteiger partial charge in [0.15, 0.2) is 5.82 Å². The fourth-order valence-corrected chi connectivity index (χ4v) is 3.12. The summed E-state index contributed by atoms with van der Waals surface area (Å²) in [5, 5.41) is 8.91. The molecule has 2 aromatic heterocycles. The Morgan fingerprint density at radius 1 is 1.50 bits per heavy atom. The maximum Gasteiger partial charge on any atom is 0.258 e. The lowest BCUT2D eigenvalue weighted by Crippen LogP contribution is -2.26. The molecule has 1 aliphatic carbocycles. The van der Waals surface area contributed by atoms with Gasteiger partial charge in [0.2, 0.25) is 0 Å². The van der Waals surface area contributed by atoms with Gasteiger partial charge in [0.1, 0.15) is 10.6 Å². The van der Waals surface area contributed by atoms with E-state index in [2.05, 4.69) is 20.0 Å². The third-order valence-electron chi connectivity index (χ3n) is 3.01. The Balaban J connectivity index is 1.62. The molecule has 0 spiro atoms. The van der Waals surface area contributed by atoms with Crippen LogP contribution in [0, 0.1) is 0 Å². The second-order valence-electron chi connectivity index (χ2n) is 4.68. The van der Waals surface area contributed by atoms with E-state index in [1.165, 1.54) is 11.5 Å². The van der Waals surface area contributed by atoms with E-state index in [0.29, 0.717) is 24.0 Å². The lowest BCUT2D eigenvalue weighted by Gasteiger charge is -2.06. The summed E-state index contributed by atoms with van der Waals surface area (Å²) in [7, 11) is 0. The van der Waals surface area contributed by atoms with Crippen molar-refractivity contribution in [3.8, 4) is 0 Å². The first kappa shape index (κ1) is 13.3. The summed E-state index contributed by atoms with van der Waals surface area (Å²) in [5.41, 5.74) is 9.12. The van der Waals surface area contributed by atoms with Crippen LogP contribution in [0.25, 0.3) is 0 Å². The molecule has 0 saturated heterocycles. The van der Waals surface area contributed by atoms with Gasteiger partial charge in [-0.15, -0.1) is 11.3 Å². The zero-order valence-electron chi connectivity index (χ0n) is 10.8. The van der Waals surface area contributed by atoms with Crippen LogP contribution in [-0.2, 0) is 6.42 Å². The normalized spacial score (nSPS) is 14.2. The minimum absolute atomic E-state index is 0.130. The van der Waals surface area contributed by atoms with E-state index in [9.17, 15) is 4.79 Å². The number of nitrogens with zero attached hydrogens (tertiary/aromatic N) is 2. The number of thiazole rings is 1.